The average molecular weight is 327 g/mol. The van der Waals surface area contributed by atoms with Crippen molar-refractivity contribution in [1.82, 2.24) is 0 Å². The highest BCUT2D eigenvalue weighted by Crippen LogP contribution is 2.31. The summed E-state index contributed by atoms with van der Waals surface area (Å²) in [6, 6.07) is 8.63. The summed E-state index contributed by atoms with van der Waals surface area (Å²) in [6.07, 6.45) is 1.43. The molecule has 94 valence electrons. The van der Waals surface area contributed by atoms with Crippen molar-refractivity contribution in [1.29, 1.82) is 0 Å². The zero-order valence-corrected chi connectivity index (χ0v) is 12.3. The molecule has 4 heteroatoms. The van der Waals surface area contributed by atoms with Gasteiger partial charge in [-0.1, -0.05) is 13.0 Å². The first-order valence-electron chi connectivity index (χ1n) is 5.70. The Morgan fingerprint density at radius 3 is 2.78 bits per heavy atom. The summed E-state index contributed by atoms with van der Waals surface area (Å²) in [7, 11) is 0. The maximum absolute atomic E-state index is 13.2. The molecule has 2 aromatic rings. The van der Waals surface area contributed by atoms with Crippen LogP contribution < -0.4 is 0 Å². The number of halogens is 2. The van der Waals surface area contributed by atoms with E-state index < -0.39 is 0 Å². The van der Waals surface area contributed by atoms with Gasteiger partial charge in [0.25, 0.3) is 0 Å². The fourth-order valence-corrected chi connectivity index (χ4v) is 2.99. The number of hydrogen-bond acceptors (Lipinski definition) is 2. The molecule has 0 radical (unpaired) electrons. The SMILES string of the molecule is CCCC(=O)c1ccc(-c2ccc(F)c(Br)c2)s1. The highest BCUT2D eigenvalue weighted by atomic mass is 79.9. The van der Waals surface area contributed by atoms with Gasteiger partial charge < -0.3 is 0 Å². The van der Waals surface area contributed by atoms with Gasteiger partial charge in [0.1, 0.15) is 5.82 Å². The largest absolute Gasteiger partial charge is 0.293 e. The molecule has 0 spiro atoms. The molecule has 0 aliphatic heterocycles. The topological polar surface area (TPSA) is 17.1 Å². The first-order valence-corrected chi connectivity index (χ1v) is 7.31. The molecular formula is C14H12BrFOS. The predicted molar refractivity (Wildman–Crippen MR) is 76.7 cm³/mol. The van der Waals surface area contributed by atoms with E-state index in [4.69, 9.17) is 0 Å². The van der Waals surface area contributed by atoms with Crippen molar-refractivity contribution < 1.29 is 9.18 Å². The Morgan fingerprint density at radius 1 is 1.33 bits per heavy atom. The van der Waals surface area contributed by atoms with Crippen LogP contribution >= 0.6 is 27.3 Å². The lowest BCUT2D eigenvalue weighted by Crippen LogP contribution is -1.93. The maximum Gasteiger partial charge on any atom is 0.172 e. The molecule has 2 rings (SSSR count). The minimum absolute atomic E-state index is 0.176. The summed E-state index contributed by atoms with van der Waals surface area (Å²) in [4.78, 5) is 13.5. The third-order valence-corrected chi connectivity index (χ3v) is 4.35. The number of hydrogen-bond donors (Lipinski definition) is 0. The summed E-state index contributed by atoms with van der Waals surface area (Å²) < 4.78 is 13.6. The molecule has 0 saturated heterocycles. The molecular weight excluding hydrogens is 315 g/mol. The van der Waals surface area contributed by atoms with Crippen molar-refractivity contribution in [2.45, 2.75) is 19.8 Å². The second kappa shape index (κ2) is 5.76. The van der Waals surface area contributed by atoms with Crippen LogP contribution in [0.25, 0.3) is 10.4 Å². The molecule has 0 aliphatic carbocycles. The molecule has 0 N–H and O–H groups in total. The van der Waals surface area contributed by atoms with E-state index in [2.05, 4.69) is 15.9 Å². The minimum Gasteiger partial charge on any atom is -0.293 e. The third kappa shape index (κ3) is 2.87. The van der Waals surface area contributed by atoms with Crippen molar-refractivity contribution >= 4 is 33.0 Å². The Kier molecular flexibility index (Phi) is 4.30. The number of benzene rings is 1. The van der Waals surface area contributed by atoms with Crippen LogP contribution in [0.3, 0.4) is 0 Å². The Morgan fingerprint density at radius 2 is 2.11 bits per heavy atom. The van der Waals surface area contributed by atoms with Gasteiger partial charge in [0.2, 0.25) is 0 Å². The number of Topliss-reactive ketones (excluding diaryl/α,β-unsaturated/α-hetero) is 1. The van der Waals surface area contributed by atoms with E-state index >= 15 is 0 Å². The predicted octanol–water partition coefficient (Wildman–Crippen LogP) is 5.30. The molecule has 1 nitrogen and oxygen atoms in total. The van der Waals surface area contributed by atoms with E-state index in [0.29, 0.717) is 10.9 Å². The zero-order valence-electron chi connectivity index (χ0n) is 9.87. The van der Waals surface area contributed by atoms with Gasteiger partial charge in [-0.3, -0.25) is 4.79 Å². The van der Waals surface area contributed by atoms with Gasteiger partial charge in [0, 0.05) is 11.3 Å². The van der Waals surface area contributed by atoms with Crippen molar-refractivity contribution in [3.05, 3.63) is 45.5 Å². The number of ketones is 1. The maximum atomic E-state index is 13.2. The molecule has 0 amide bonds. The average Bonchev–Trinajstić information content (AvgIpc) is 2.82. The van der Waals surface area contributed by atoms with Crippen LogP contribution in [-0.4, -0.2) is 5.78 Å². The van der Waals surface area contributed by atoms with Crippen molar-refractivity contribution in [2.75, 3.05) is 0 Å². The number of carbonyl (C=O) groups excluding carboxylic acids is 1. The smallest absolute Gasteiger partial charge is 0.172 e. The van der Waals surface area contributed by atoms with E-state index in [1.54, 1.807) is 12.1 Å². The Bertz CT molecular complexity index is 577. The molecule has 0 unspecified atom stereocenters. The van der Waals surface area contributed by atoms with Crippen LogP contribution in [0.4, 0.5) is 4.39 Å². The first kappa shape index (κ1) is 13.4. The first-order chi connectivity index (χ1) is 8.61. The lowest BCUT2D eigenvalue weighted by Gasteiger charge is -1.99. The van der Waals surface area contributed by atoms with Crippen molar-refractivity contribution in [3.63, 3.8) is 0 Å². The van der Waals surface area contributed by atoms with E-state index in [9.17, 15) is 9.18 Å². The number of rotatable bonds is 4. The van der Waals surface area contributed by atoms with Gasteiger partial charge in [-0.05, 0) is 52.2 Å². The molecule has 0 bridgehead atoms. The fourth-order valence-electron chi connectivity index (χ4n) is 1.64. The lowest BCUT2D eigenvalue weighted by molar-refractivity contribution is 0.0985. The normalized spacial score (nSPS) is 10.6. The molecule has 1 heterocycles. The lowest BCUT2D eigenvalue weighted by atomic mass is 10.2. The van der Waals surface area contributed by atoms with Gasteiger partial charge in [-0.25, -0.2) is 4.39 Å². The van der Waals surface area contributed by atoms with Crippen LogP contribution in [0.5, 0.6) is 0 Å². The summed E-state index contributed by atoms with van der Waals surface area (Å²) >= 11 is 4.62. The van der Waals surface area contributed by atoms with E-state index in [-0.39, 0.29) is 11.6 Å². The summed E-state index contributed by atoms with van der Waals surface area (Å²) in [6.45, 7) is 1.99. The minimum atomic E-state index is -0.280. The quantitative estimate of drug-likeness (QED) is 0.697. The van der Waals surface area contributed by atoms with E-state index in [1.165, 1.54) is 17.4 Å². The Hall–Kier alpha value is -1.00. The molecule has 0 atom stereocenters. The van der Waals surface area contributed by atoms with E-state index in [1.807, 2.05) is 19.1 Å². The molecule has 0 saturated carbocycles. The molecule has 0 fully saturated rings. The van der Waals surface area contributed by atoms with Gasteiger partial charge in [-0.15, -0.1) is 11.3 Å². The van der Waals surface area contributed by atoms with Crippen molar-refractivity contribution in [3.8, 4) is 10.4 Å². The van der Waals surface area contributed by atoms with Crippen LogP contribution in [0.2, 0.25) is 0 Å². The van der Waals surface area contributed by atoms with Gasteiger partial charge >= 0.3 is 0 Å². The third-order valence-electron chi connectivity index (χ3n) is 2.56. The molecule has 0 aliphatic rings. The van der Waals surface area contributed by atoms with Crippen LogP contribution in [0, 0.1) is 5.82 Å². The second-order valence-electron chi connectivity index (χ2n) is 3.97. The van der Waals surface area contributed by atoms with Crippen molar-refractivity contribution in [2.24, 2.45) is 0 Å². The van der Waals surface area contributed by atoms with Gasteiger partial charge in [0.15, 0.2) is 5.78 Å². The Balaban J connectivity index is 2.29. The van der Waals surface area contributed by atoms with Crippen LogP contribution in [0.15, 0.2) is 34.8 Å². The van der Waals surface area contributed by atoms with Gasteiger partial charge in [0.05, 0.1) is 9.35 Å². The summed E-state index contributed by atoms with van der Waals surface area (Å²) in [5, 5.41) is 0. The number of carbonyl (C=O) groups is 1. The molecule has 1 aromatic carbocycles. The zero-order chi connectivity index (χ0) is 13.1. The summed E-state index contributed by atoms with van der Waals surface area (Å²) in [5.41, 5.74) is 0.920. The standard InChI is InChI=1S/C14H12BrFOS/c1-2-3-12(17)14-7-6-13(18-14)9-4-5-11(16)10(15)8-9/h4-8H,2-3H2,1H3. The fraction of sp³-hybridized carbons (Fsp3) is 0.214. The number of thiophene rings is 1. The van der Waals surface area contributed by atoms with Gasteiger partial charge in [-0.2, -0.15) is 0 Å². The summed E-state index contributed by atoms with van der Waals surface area (Å²) in [5.74, 6) is -0.104. The van der Waals surface area contributed by atoms with Crippen LogP contribution in [-0.2, 0) is 0 Å². The molecule has 18 heavy (non-hydrogen) atoms. The van der Waals surface area contributed by atoms with Crippen LogP contribution in [0.1, 0.15) is 29.4 Å². The van der Waals surface area contributed by atoms with E-state index in [0.717, 1.165) is 21.7 Å². The Labute approximate surface area is 118 Å². The highest BCUT2D eigenvalue weighted by Gasteiger charge is 2.10. The highest BCUT2D eigenvalue weighted by molar-refractivity contribution is 9.10. The molecule has 1 aromatic heterocycles. The monoisotopic (exact) mass is 326 g/mol. The second-order valence-corrected chi connectivity index (χ2v) is 5.90.